The van der Waals surface area contributed by atoms with E-state index in [4.69, 9.17) is 16.7 Å². The number of aromatic nitrogens is 3. The Bertz CT molecular complexity index is 1280. The number of rotatable bonds is 2. The minimum atomic E-state index is -0.277. The summed E-state index contributed by atoms with van der Waals surface area (Å²) in [5, 5.41) is 7.30. The van der Waals surface area contributed by atoms with E-state index in [1.807, 2.05) is 59.4 Å². The van der Waals surface area contributed by atoms with E-state index in [1.54, 1.807) is 12.1 Å². The van der Waals surface area contributed by atoms with Gasteiger partial charge in [-0.1, -0.05) is 29.8 Å². The number of pyridine rings is 1. The third-order valence-electron chi connectivity index (χ3n) is 4.59. The van der Waals surface area contributed by atoms with Crippen molar-refractivity contribution in [1.29, 1.82) is 0 Å². The first-order valence-corrected chi connectivity index (χ1v) is 8.87. The van der Waals surface area contributed by atoms with Gasteiger partial charge in [0.15, 0.2) is 0 Å². The van der Waals surface area contributed by atoms with Gasteiger partial charge in [0.2, 0.25) is 0 Å². The van der Waals surface area contributed by atoms with Crippen molar-refractivity contribution in [2.75, 3.05) is 0 Å². The first-order chi connectivity index (χ1) is 13.2. The highest BCUT2D eigenvalue weighted by molar-refractivity contribution is 6.31. The first-order valence-electron chi connectivity index (χ1n) is 8.49. The number of para-hydroxylation sites is 1. The van der Waals surface area contributed by atoms with Gasteiger partial charge in [-0.05, 0) is 54.6 Å². The molecule has 2 aromatic heterocycles. The van der Waals surface area contributed by atoms with Crippen LogP contribution in [0.15, 0.2) is 79.0 Å². The molecule has 130 valence electrons. The van der Waals surface area contributed by atoms with Crippen LogP contribution in [-0.2, 0) is 0 Å². The third kappa shape index (κ3) is 2.66. The molecule has 0 radical (unpaired) electrons. The van der Waals surface area contributed by atoms with Crippen molar-refractivity contribution in [3.63, 3.8) is 0 Å². The number of benzene rings is 3. The van der Waals surface area contributed by atoms with Crippen LogP contribution in [0.2, 0.25) is 5.02 Å². The van der Waals surface area contributed by atoms with Gasteiger partial charge < -0.3 is 0 Å². The second kappa shape index (κ2) is 6.18. The third-order valence-corrected chi connectivity index (χ3v) is 4.82. The SMILES string of the molecule is Fc1ccc(-c2nn(-c3ccccc3)c3c2cnc2ccc(Cl)cc23)cc1. The van der Waals surface area contributed by atoms with E-state index in [9.17, 15) is 4.39 Å². The molecule has 0 saturated heterocycles. The molecule has 0 bridgehead atoms. The second-order valence-corrected chi connectivity index (χ2v) is 6.72. The molecule has 5 rings (SSSR count). The number of hydrogen-bond donors (Lipinski definition) is 0. The number of fused-ring (bicyclic) bond motifs is 3. The maximum atomic E-state index is 13.4. The van der Waals surface area contributed by atoms with Crippen molar-refractivity contribution >= 4 is 33.4 Å². The quantitative estimate of drug-likeness (QED) is 0.378. The minimum Gasteiger partial charge on any atom is -0.255 e. The van der Waals surface area contributed by atoms with Gasteiger partial charge in [0.25, 0.3) is 0 Å². The number of nitrogens with zero attached hydrogens (tertiary/aromatic N) is 3. The van der Waals surface area contributed by atoms with Gasteiger partial charge in [-0.3, -0.25) is 4.98 Å². The summed E-state index contributed by atoms with van der Waals surface area (Å²) in [7, 11) is 0. The molecule has 3 aromatic carbocycles. The monoisotopic (exact) mass is 373 g/mol. The molecule has 0 aliphatic carbocycles. The Morgan fingerprint density at radius 1 is 0.852 bits per heavy atom. The predicted octanol–water partition coefficient (Wildman–Crippen LogP) is 6.03. The molecule has 2 heterocycles. The average Bonchev–Trinajstić information content (AvgIpc) is 3.09. The van der Waals surface area contributed by atoms with E-state index >= 15 is 0 Å². The topological polar surface area (TPSA) is 30.7 Å². The molecule has 0 fully saturated rings. The Morgan fingerprint density at radius 2 is 1.63 bits per heavy atom. The molecule has 5 heteroatoms. The number of halogens is 2. The summed E-state index contributed by atoms with van der Waals surface area (Å²) in [6.45, 7) is 0. The summed E-state index contributed by atoms with van der Waals surface area (Å²) in [4.78, 5) is 4.58. The number of hydrogen-bond acceptors (Lipinski definition) is 2. The highest BCUT2D eigenvalue weighted by atomic mass is 35.5. The summed E-state index contributed by atoms with van der Waals surface area (Å²) in [5.74, 6) is -0.277. The van der Waals surface area contributed by atoms with E-state index < -0.39 is 0 Å². The Labute approximate surface area is 159 Å². The van der Waals surface area contributed by atoms with Gasteiger partial charge in [0.1, 0.15) is 11.5 Å². The van der Waals surface area contributed by atoms with Crippen molar-refractivity contribution in [1.82, 2.24) is 14.8 Å². The zero-order valence-corrected chi connectivity index (χ0v) is 14.9. The molecule has 0 N–H and O–H groups in total. The lowest BCUT2D eigenvalue weighted by atomic mass is 10.1. The van der Waals surface area contributed by atoms with E-state index in [0.717, 1.165) is 38.8 Å². The van der Waals surface area contributed by atoms with Gasteiger partial charge >= 0.3 is 0 Å². The fourth-order valence-electron chi connectivity index (χ4n) is 3.33. The summed E-state index contributed by atoms with van der Waals surface area (Å²) < 4.78 is 15.3. The van der Waals surface area contributed by atoms with Gasteiger partial charge in [0.05, 0.1) is 16.7 Å². The Balaban J connectivity index is 1.91. The Morgan fingerprint density at radius 3 is 2.41 bits per heavy atom. The average molecular weight is 374 g/mol. The molecule has 0 aliphatic heterocycles. The smallest absolute Gasteiger partial charge is 0.123 e. The van der Waals surface area contributed by atoms with Gasteiger partial charge in [-0.25, -0.2) is 9.07 Å². The van der Waals surface area contributed by atoms with Crippen molar-refractivity contribution in [3.8, 4) is 16.9 Å². The highest BCUT2D eigenvalue weighted by Gasteiger charge is 2.17. The van der Waals surface area contributed by atoms with Crippen LogP contribution < -0.4 is 0 Å². The van der Waals surface area contributed by atoms with Crippen LogP contribution in [0.3, 0.4) is 0 Å². The van der Waals surface area contributed by atoms with Crippen molar-refractivity contribution in [2.24, 2.45) is 0 Å². The maximum absolute atomic E-state index is 13.4. The van der Waals surface area contributed by atoms with Crippen LogP contribution in [0.4, 0.5) is 4.39 Å². The predicted molar refractivity (Wildman–Crippen MR) is 107 cm³/mol. The van der Waals surface area contributed by atoms with Crippen LogP contribution in [0, 0.1) is 5.82 Å². The van der Waals surface area contributed by atoms with E-state index in [-0.39, 0.29) is 5.82 Å². The highest BCUT2D eigenvalue weighted by Crippen LogP contribution is 2.34. The lowest BCUT2D eigenvalue weighted by Gasteiger charge is -2.06. The van der Waals surface area contributed by atoms with Crippen LogP contribution in [0.5, 0.6) is 0 Å². The van der Waals surface area contributed by atoms with Crippen LogP contribution in [0.1, 0.15) is 0 Å². The Hall–Kier alpha value is -3.24. The zero-order chi connectivity index (χ0) is 18.4. The van der Waals surface area contributed by atoms with E-state index in [1.165, 1.54) is 12.1 Å². The molecule has 0 atom stereocenters. The second-order valence-electron chi connectivity index (χ2n) is 6.28. The molecule has 0 spiro atoms. The van der Waals surface area contributed by atoms with Crippen LogP contribution in [-0.4, -0.2) is 14.8 Å². The summed E-state index contributed by atoms with van der Waals surface area (Å²) in [6.07, 6.45) is 1.82. The minimum absolute atomic E-state index is 0.277. The molecule has 0 aliphatic rings. The van der Waals surface area contributed by atoms with Gasteiger partial charge in [0, 0.05) is 27.6 Å². The fourth-order valence-corrected chi connectivity index (χ4v) is 3.51. The summed E-state index contributed by atoms with van der Waals surface area (Å²) in [5.41, 5.74) is 4.29. The lowest BCUT2D eigenvalue weighted by molar-refractivity contribution is 0.628. The molecule has 0 unspecified atom stereocenters. The maximum Gasteiger partial charge on any atom is 0.123 e. The molecule has 0 amide bonds. The largest absolute Gasteiger partial charge is 0.255 e. The lowest BCUT2D eigenvalue weighted by Crippen LogP contribution is -1.96. The summed E-state index contributed by atoms with van der Waals surface area (Å²) >= 11 is 6.26. The zero-order valence-electron chi connectivity index (χ0n) is 14.1. The fraction of sp³-hybridized carbons (Fsp3) is 0. The molecule has 0 saturated carbocycles. The standard InChI is InChI=1S/C22H13ClFN3/c23-15-8-11-20-18(12-15)22-19(13-25-20)21(14-6-9-16(24)10-7-14)26-27(22)17-4-2-1-3-5-17/h1-13H. The van der Waals surface area contributed by atoms with Crippen molar-refractivity contribution < 1.29 is 4.39 Å². The first kappa shape index (κ1) is 16.0. The molecule has 27 heavy (non-hydrogen) atoms. The van der Waals surface area contributed by atoms with Crippen LogP contribution >= 0.6 is 11.6 Å². The van der Waals surface area contributed by atoms with Crippen LogP contribution in [0.25, 0.3) is 38.8 Å². The van der Waals surface area contributed by atoms with E-state index in [0.29, 0.717) is 5.02 Å². The molecular weight excluding hydrogens is 361 g/mol. The Kier molecular flexibility index (Phi) is 3.66. The molecule has 3 nitrogen and oxygen atoms in total. The van der Waals surface area contributed by atoms with Crippen molar-refractivity contribution in [3.05, 3.63) is 89.8 Å². The van der Waals surface area contributed by atoms with E-state index in [2.05, 4.69) is 4.98 Å². The molecular formula is C22H13ClFN3. The van der Waals surface area contributed by atoms with Gasteiger partial charge in [-0.2, -0.15) is 5.10 Å². The molecule has 5 aromatic rings. The van der Waals surface area contributed by atoms with Gasteiger partial charge in [-0.15, -0.1) is 0 Å². The van der Waals surface area contributed by atoms with Crippen molar-refractivity contribution in [2.45, 2.75) is 0 Å². The normalized spacial score (nSPS) is 11.3. The summed E-state index contributed by atoms with van der Waals surface area (Å²) in [6, 6.07) is 21.9.